The first-order valence-electron chi connectivity index (χ1n) is 5.19. The first kappa shape index (κ1) is 11.1. The van der Waals surface area contributed by atoms with Gasteiger partial charge in [-0.1, -0.05) is 12.8 Å². The highest BCUT2D eigenvalue weighted by molar-refractivity contribution is 9.10. The fourth-order valence-electron chi connectivity index (χ4n) is 1.99. The molecular weight excluding hydrogens is 272 g/mol. The predicted octanol–water partition coefficient (Wildman–Crippen LogP) is 3.61. The van der Waals surface area contributed by atoms with Gasteiger partial charge in [-0.15, -0.1) is 11.3 Å². The number of nitrogens with one attached hydrogen (secondary N) is 1. The summed E-state index contributed by atoms with van der Waals surface area (Å²) < 4.78 is 1.07. The maximum atomic E-state index is 9.13. The molecule has 0 amide bonds. The van der Waals surface area contributed by atoms with Crippen LogP contribution in [0.1, 0.15) is 36.6 Å². The van der Waals surface area contributed by atoms with Crippen LogP contribution in [-0.4, -0.2) is 6.04 Å². The number of nitriles is 1. The summed E-state index contributed by atoms with van der Waals surface area (Å²) in [6.07, 6.45) is 5.02. The van der Waals surface area contributed by atoms with Crippen molar-refractivity contribution in [3.05, 3.63) is 20.8 Å². The third-order valence-corrected chi connectivity index (χ3v) is 4.52. The summed E-state index contributed by atoms with van der Waals surface area (Å²) in [6, 6.07) is 4.77. The van der Waals surface area contributed by atoms with E-state index in [1.165, 1.54) is 25.7 Å². The molecule has 0 aromatic carbocycles. The number of thiophene rings is 1. The predicted molar refractivity (Wildman–Crippen MR) is 65.8 cm³/mol. The normalized spacial score (nSPS) is 18.9. The van der Waals surface area contributed by atoms with E-state index in [0.29, 0.717) is 6.04 Å². The summed E-state index contributed by atoms with van der Waals surface area (Å²) in [5.74, 6) is 0. The number of nitrogens with zero attached hydrogens (tertiary/aromatic N) is 1. The minimum atomic E-state index is -0.135. The van der Waals surface area contributed by atoms with E-state index in [2.05, 4.69) is 27.3 Å². The van der Waals surface area contributed by atoms with Crippen LogP contribution < -0.4 is 5.32 Å². The van der Waals surface area contributed by atoms with Crippen molar-refractivity contribution < 1.29 is 0 Å². The Labute approximate surface area is 102 Å². The van der Waals surface area contributed by atoms with Crippen LogP contribution in [0, 0.1) is 11.3 Å². The Morgan fingerprint density at radius 2 is 2.27 bits per heavy atom. The molecule has 0 spiro atoms. The van der Waals surface area contributed by atoms with Gasteiger partial charge in [0.1, 0.15) is 6.04 Å². The number of rotatable bonds is 3. The molecule has 1 unspecified atom stereocenters. The molecule has 1 aromatic heterocycles. The Morgan fingerprint density at radius 3 is 2.80 bits per heavy atom. The van der Waals surface area contributed by atoms with Crippen molar-refractivity contribution in [2.75, 3.05) is 0 Å². The molecule has 15 heavy (non-hydrogen) atoms. The van der Waals surface area contributed by atoms with E-state index in [1.54, 1.807) is 11.3 Å². The average molecular weight is 285 g/mol. The highest BCUT2D eigenvalue weighted by Crippen LogP contribution is 2.27. The van der Waals surface area contributed by atoms with Gasteiger partial charge in [0.15, 0.2) is 0 Å². The second-order valence-electron chi connectivity index (χ2n) is 3.88. The maximum Gasteiger partial charge on any atom is 0.130 e. The molecular formula is C11H13BrN2S. The summed E-state index contributed by atoms with van der Waals surface area (Å²) in [7, 11) is 0. The summed E-state index contributed by atoms with van der Waals surface area (Å²) in [6.45, 7) is 0. The molecule has 1 aromatic rings. The lowest BCUT2D eigenvalue weighted by atomic mass is 10.2. The van der Waals surface area contributed by atoms with Crippen molar-refractivity contribution in [2.24, 2.45) is 0 Å². The molecule has 1 aliphatic carbocycles. The highest BCUT2D eigenvalue weighted by Gasteiger charge is 2.20. The molecule has 0 aliphatic heterocycles. The summed E-state index contributed by atoms with van der Waals surface area (Å²) >= 11 is 5.05. The molecule has 1 fully saturated rings. The van der Waals surface area contributed by atoms with E-state index in [-0.39, 0.29) is 6.04 Å². The van der Waals surface area contributed by atoms with Crippen LogP contribution in [0.4, 0.5) is 0 Å². The van der Waals surface area contributed by atoms with Crippen molar-refractivity contribution in [3.63, 3.8) is 0 Å². The molecule has 80 valence electrons. The van der Waals surface area contributed by atoms with Gasteiger partial charge in [-0.3, -0.25) is 5.32 Å². The highest BCUT2D eigenvalue weighted by atomic mass is 79.9. The van der Waals surface area contributed by atoms with Gasteiger partial charge in [0, 0.05) is 20.8 Å². The SMILES string of the molecule is N#CC(NC1CCCC1)c1cc(Br)cs1. The molecule has 1 atom stereocenters. The van der Waals surface area contributed by atoms with Crippen LogP contribution in [0.15, 0.2) is 15.9 Å². The molecule has 2 rings (SSSR count). The van der Waals surface area contributed by atoms with E-state index >= 15 is 0 Å². The smallest absolute Gasteiger partial charge is 0.130 e. The fourth-order valence-corrected chi connectivity index (χ4v) is 3.44. The van der Waals surface area contributed by atoms with Crippen LogP contribution in [0.5, 0.6) is 0 Å². The monoisotopic (exact) mass is 284 g/mol. The largest absolute Gasteiger partial charge is 0.295 e. The lowest BCUT2D eigenvalue weighted by Gasteiger charge is -2.15. The maximum absolute atomic E-state index is 9.13. The zero-order valence-electron chi connectivity index (χ0n) is 8.37. The fraction of sp³-hybridized carbons (Fsp3) is 0.545. The quantitative estimate of drug-likeness (QED) is 0.921. The van der Waals surface area contributed by atoms with Crippen molar-refractivity contribution in [1.82, 2.24) is 5.32 Å². The van der Waals surface area contributed by atoms with Crippen molar-refractivity contribution >= 4 is 27.3 Å². The molecule has 0 bridgehead atoms. The number of hydrogen-bond donors (Lipinski definition) is 1. The second-order valence-corrected chi connectivity index (χ2v) is 5.74. The standard InChI is InChI=1S/C11H13BrN2S/c12-8-5-11(15-7-8)10(6-13)14-9-3-1-2-4-9/h5,7,9-10,14H,1-4H2. The Hall–Kier alpha value is -0.370. The Bertz CT molecular complexity index is 363. The summed E-state index contributed by atoms with van der Waals surface area (Å²) in [5, 5.41) is 14.6. The minimum Gasteiger partial charge on any atom is -0.295 e. The first-order valence-corrected chi connectivity index (χ1v) is 6.86. The van der Waals surface area contributed by atoms with Gasteiger partial charge < -0.3 is 0 Å². The van der Waals surface area contributed by atoms with Crippen LogP contribution in [0.25, 0.3) is 0 Å². The van der Waals surface area contributed by atoms with Crippen LogP contribution in [0.2, 0.25) is 0 Å². The van der Waals surface area contributed by atoms with Crippen LogP contribution >= 0.6 is 27.3 Å². The molecule has 1 saturated carbocycles. The van der Waals surface area contributed by atoms with E-state index < -0.39 is 0 Å². The molecule has 1 N–H and O–H groups in total. The molecule has 1 aliphatic rings. The summed E-state index contributed by atoms with van der Waals surface area (Å²) in [4.78, 5) is 1.11. The number of halogens is 1. The van der Waals surface area contributed by atoms with E-state index in [0.717, 1.165) is 9.35 Å². The average Bonchev–Trinajstić information content (AvgIpc) is 2.85. The number of hydrogen-bond acceptors (Lipinski definition) is 3. The van der Waals surface area contributed by atoms with Gasteiger partial charge in [0.25, 0.3) is 0 Å². The van der Waals surface area contributed by atoms with Crippen molar-refractivity contribution in [1.29, 1.82) is 5.26 Å². The van der Waals surface area contributed by atoms with Gasteiger partial charge in [-0.2, -0.15) is 5.26 Å². The van der Waals surface area contributed by atoms with Gasteiger partial charge in [0.05, 0.1) is 6.07 Å². The van der Waals surface area contributed by atoms with Crippen LogP contribution in [-0.2, 0) is 0 Å². The van der Waals surface area contributed by atoms with Gasteiger partial charge in [-0.25, -0.2) is 0 Å². The van der Waals surface area contributed by atoms with E-state index in [1.807, 2.05) is 11.4 Å². The van der Waals surface area contributed by atoms with E-state index in [9.17, 15) is 0 Å². The Kier molecular flexibility index (Phi) is 3.79. The van der Waals surface area contributed by atoms with Crippen molar-refractivity contribution in [3.8, 4) is 6.07 Å². The second kappa shape index (κ2) is 5.11. The van der Waals surface area contributed by atoms with E-state index in [4.69, 9.17) is 5.26 Å². The summed E-state index contributed by atoms with van der Waals surface area (Å²) in [5.41, 5.74) is 0. The van der Waals surface area contributed by atoms with Crippen LogP contribution in [0.3, 0.4) is 0 Å². The molecule has 0 radical (unpaired) electrons. The third kappa shape index (κ3) is 2.81. The topological polar surface area (TPSA) is 35.8 Å². The third-order valence-electron chi connectivity index (χ3n) is 2.76. The van der Waals surface area contributed by atoms with Gasteiger partial charge in [0.2, 0.25) is 0 Å². The zero-order valence-corrected chi connectivity index (χ0v) is 10.8. The van der Waals surface area contributed by atoms with Crippen molar-refractivity contribution in [2.45, 2.75) is 37.8 Å². The lowest BCUT2D eigenvalue weighted by Crippen LogP contribution is -2.29. The van der Waals surface area contributed by atoms with Gasteiger partial charge in [-0.05, 0) is 34.8 Å². The minimum absolute atomic E-state index is 0.135. The van der Waals surface area contributed by atoms with Gasteiger partial charge >= 0.3 is 0 Å². The molecule has 0 saturated heterocycles. The molecule has 2 nitrogen and oxygen atoms in total. The first-order chi connectivity index (χ1) is 7.29. The molecule has 4 heteroatoms. The zero-order chi connectivity index (χ0) is 10.7. The molecule has 1 heterocycles. The lowest BCUT2D eigenvalue weighted by molar-refractivity contribution is 0.496. The Morgan fingerprint density at radius 1 is 1.53 bits per heavy atom. The Balaban J connectivity index is 2.01.